The zero-order chi connectivity index (χ0) is 24.2. The fourth-order valence-corrected chi connectivity index (χ4v) is 4.59. The number of likely N-dealkylation sites (N-methyl/N-ethyl adjacent to an activating group) is 1. The highest BCUT2D eigenvalue weighted by Crippen LogP contribution is 2.25. The highest BCUT2D eigenvalue weighted by Gasteiger charge is 2.27. The van der Waals surface area contributed by atoms with Crippen molar-refractivity contribution in [1.29, 1.82) is 0 Å². The van der Waals surface area contributed by atoms with Crippen molar-refractivity contribution in [1.82, 2.24) is 24.8 Å². The van der Waals surface area contributed by atoms with E-state index in [1.165, 1.54) is 5.56 Å². The van der Waals surface area contributed by atoms with Crippen LogP contribution in [0.3, 0.4) is 0 Å². The number of nitrogens with zero attached hydrogens (tertiary/aromatic N) is 5. The van der Waals surface area contributed by atoms with E-state index in [1.807, 2.05) is 48.4 Å². The number of ether oxygens (including phenoxy) is 1. The van der Waals surface area contributed by atoms with Crippen LogP contribution in [0.2, 0.25) is 0 Å². The van der Waals surface area contributed by atoms with Gasteiger partial charge in [0.1, 0.15) is 11.3 Å². The van der Waals surface area contributed by atoms with Crippen molar-refractivity contribution in [3.05, 3.63) is 90.0 Å². The van der Waals surface area contributed by atoms with Gasteiger partial charge in [-0.1, -0.05) is 18.2 Å². The molecule has 0 radical (unpaired) electrons. The average molecular weight is 468 g/mol. The molecule has 0 saturated carbocycles. The van der Waals surface area contributed by atoms with Crippen LogP contribution in [-0.4, -0.2) is 63.9 Å². The van der Waals surface area contributed by atoms with Gasteiger partial charge < -0.3 is 14.5 Å². The Morgan fingerprint density at radius 3 is 2.74 bits per heavy atom. The van der Waals surface area contributed by atoms with E-state index in [1.54, 1.807) is 24.5 Å². The first kappa shape index (κ1) is 22.9. The second kappa shape index (κ2) is 10.2. The zero-order valence-corrected chi connectivity index (χ0v) is 20.1. The van der Waals surface area contributed by atoms with Crippen molar-refractivity contribution in [3.8, 4) is 11.6 Å². The number of fused-ring (bicyclic) bond motifs is 1. The first-order valence-electron chi connectivity index (χ1n) is 11.9. The number of pyridine rings is 3. The molecule has 4 heterocycles. The minimum atomic E-state index is -0.0647. The van der Waals surface area contributed by atoms with E-state index in [2.05, 4.69) is 39.0 Å². The van der Waals surface area contributed by atoms with E-state index in [0.717, 1.165) is 36.1 Å². The number of rotatable bonds is 5. The lowest BCUT2D eigenvalue weighted by Crippen LogP contribution is -2.36. The van der Waals surface area contributed by atoms with Gasteiger partial charge in [-0.05, 0) is 68.3 Å². The van der Waals surface area contributed by atoms with Gasteiger partial charge in [-0.3, -0.25) is 14.8 Å². The molecule has 0 bridgehead atoms. The topological polar surface area (TPSA) is 71.5 Å². The van der Waals surface area contributed by atoms with Crippen LogP contribution < -0.4 is 4.74 Å². The molecule has 1 atom stereocenters. The fraction of sp³-hybridized carbons (Fsp3) is 0.286. The van der Waals surface area contributed by atoms with Crippen molar-refractivity contribution in [2.75, 3.05) is 33.2 Å². The van der Waals surface area contributed by atoms with Gasteiger partial charge in [-0.25, -0.2) is 4.98 Å². The maximum Gasteiger partial charge on any atom is 0.259 e. The smallest absolute Gasteiger partial charge is 0.259 e. The molecule has 5 rings (SSSR count). The van der Waals surface area contributed by atoms with Crippen LogP contribution in [-0.2, 0) is 6.42 Å². The van der Waals surface area contributed by atoms with Gasteiger partial charge >= 0.3 is 0 Å². The maximum atomic E-state index is 13.7. The molecule has 1 aliphatic rings. The monoisotopic (exact) mass is 467 g/mol. The molecule has 0 unspecified atom stereocenters. The van der Waals surface area contributed by atoms with E-state index >= 15 is 0 Å². The molecular weight excluding hydrogens is 438 g/mol. The van der Waals surface area contributed by atoms with Gasteiger partial charge in [0.15, 0.2) is 0 Å². The standard InChI is InChI=1S/C28H29N5O2/c1-20-9-10-24(17-30-20)35-27-25(7-5-11-29-27)28(34)33-13-12-32(2)18-22(19-33)14-21-15-23-6-3-4-8-26(23)31-16-21/h3-11,15-17,22H,12-14,18-19H2,1-2H3/t22-/m1/s1. The quantitative estimate of drug-likeness (QED) is 0.434. The summed E-state index contributed by atoms with van der Waals surface area (Å²) in [6.45, 7) is 4.97. The number of aryl methyl sites for hydroxylation is 1. The summed E-state index contributed by atoms with van der Waals surface area (Å²) < 4.78 is 5.95. The Bertz CT molecular complexity index is 1320. The highest BCUT2D eigenvalue weighted by molar-refractivity contribution is 5.96. The number of para-hydroxylation sites is 1. The summed E-state index contributed by atoms with van der Waals surface area (Å²) in [6.07, 6.45) is 6.10. The minimum absolute atomic E-state index is 0.0647. The largest absolute Gasteiger partial charge is 0.437 e. The Kier molecular flexibility index (Phi) is 6.68. The van der Waals surface area contributed by atoms with Gasteiger partial charge in [0.25, 0.3) is 5.91 Å². The first-order valence-corrected chi connectivity index (χ1v) is 11.9. The van der Waals surface area contributed by atoms with E-state index in [9.17, 15) is 4.79 Å². The molecule has 1 saturated heterocycles. The summed E-state index contributed by atoms with van der Waals surface area (Å²) in [7, 11) is 2.11. The van der Waals surface area contributed by atoms with Crippen molar-refractivity contribution in [2.45, 2.75) is 13.3 Å². The second-order valence-corrected chi connectivity index (χ2v) is 9.21. The van der Waals surface area contributed by atoms with Crippen LogP contribution in [0, 0.1) is 12.8 Å². The Morgan fingerprint density at radius 1 is 1.00 bits per heavy atom. The number of hydrogen-bond donors (Lipinski definition) is 0. The second-order valence-electron chi connectivity index (χ2n) is 9.21. The summed E-state index contributed by atoms with van der Waals surface area (Å²) in [5.74, 6) is 1.08. The fourth-order valence-electron chi connectivity index (χ4n) is 4.59. The molecule has 1 aromatic carbocycles. The zero-order valence-electron chi connectivity index (χ0n) is 20.1. The molecule has 7 heteroatoms. The molecule has 1 fully saturated rings. The van der Waals surface area contributed by atoms with E-state index in [0.29, 0.717) is 30.3 Å². The molecule has 0 spiro atoms. The Hall–Kier alpha value is -3.84. The molecule has 178 valence electrons. The number of benzene rings is 1. The number of aromatic nitrogens is 3. The maximum absolute atomic E-state index is 13.7. The van der Waals surface area contributed by atoms with Gasteiger partial charge in [0.2, 0.25) is 5.88 Å². The van der Waals surface area contributed by atoms with Crippen LogP contribution in [0.5, 0.6) is 11.6 Å². The number of hydrogen-bond acceptors (Lipinski definition) is 6. The first-order chi connectivity index (χ1) is 17.0. The Morgan fingerprint density at radius 2 is 1.89 bits per heavy atom. The van der Waals surface area contributed by atoms with Crippen molar-refractivity contribution >= 4 is 16.8 Å². The molecule has 1 aliphatic heterocycles. The SMILES string of the molecule is Cc1ccc(Oc2ncccc2C(=O)N2CCN(C)C[C@@H](Cc3cnc4ccccc4c3)C2)cn1. The van der Waals surface area contributed by atoms with Crippen LogP contribution in [0.1, 0.15) is 21.6 Å². The molecular formula is C28H29N5O2. The van der Waals surface area contributed by atoms with Crippen LogP contribution >= 0.6 is 0 Å². The normalized spacial score (nSPS) is 16.7. The minimum Gasteiger partial charge on any atom is -0.437 e. The molecule has 3 aromatic heterocycles. The Labute approximate surface area is 205 Å². The number of amides is 1. The van der Waals surface area contributed by atoms with Crippen LogP contribution in [0.25, 0.3) is 10.9 Å². The molecule has 4 aromatic rings. The van der Waals surface area contributed by atoms with Crippen molar-refractivity contribution < 1.29 is 9.53 Å². The molecule has 0 N–H and O–H groups in total. The average Bonchev–Trinajstić information content (AvgIpc) is 3.06. The lowest BCUT2D eigenvalue weighted by molar-refractivity contribution is 0.0743. The number of carbonyl (C=O) groups is 1. The van der Waals surface area contributed by atoms with E-state index < -0.39 is 0 Å². The Balaban J connectivity index is 1.35. The van der Waals surface area contributed by atoms with Crippen LogP contribution in [0.4, 0.5) is 0 Å². The lowest BCUT2D eigenvalue weighted by atomic mass is 9.98. The predicted octanol–water partition coefficient (Wildman–Crippen LogP) is 4.37. The summed E-state index contributed by atoms with van der Waals surface area (Å²) >= 11 is 0. The van der Waals surface area contributed by atoms with Gasteiger partial charge in [0.05, 0.1) is 11.7 Å². The van der Waals surface area contributed by atoms with Crippen LogP contribution in [0.15, 0.2) is 73.2 Å². The summed E-state index contributed by atoms with van der Waals surface area (Å²) in [4.78, 5) is 31.1. The van der Waals surface area contributed by atoms with E-state index in [4.69, 9.17) is 4.74 Å². The third kappa shape index (κ3) is 5.46. The third-order valence-electron chi connectivity index (χ3n) is 6.36. The van der Waals surface area contributed by atoms with Gasteiger partial charge in [-0.2, -0.15) is 0 Å². The summed E-state index contributed by atoms with van der Waals surface area (Å²) in [5.41, 5.74) is 3.55. The third-order valence-corrected chi connectivity index (χ3v) is 6.36. The molecule has 0 aliphatic carbocycles. The summed E-state index contributed by atoms with van der Waals surface area (Å²) in [5, 5.41) is 1.14. The number of carbonyl (C=O) groups excluding carboxylic acids is 1. The highest BCUT2D eigenvalue weighted by atomic mass is 16.5. The van der Waals surface area contributed by atoms with Crippen molar-refractivity contribution in [2.24, 2.45) is 5.92 Å². The lowest BCUT2D eigenvalue weighted by Gasteiger charge is -2.25. The molecule has 1 amide bonds. The van der Waals surface area contributed by atoms with E-state index in [-0.39, 0.29) is 11.8 Å². The molecule has 35 heavy (non-hydrogen) atoms. The van der Waals surface area contributed by atoms with Gasteiger partial charge in [-0.15, -0.1) is 0 Å². The summed E-state index contributed by atoms with van der Waals surface area (Å²) in [6, 6.07) is 17.6. The van der Waals surface area contributed by atoms with Crippen molar-refractivity contribution in [3.63, 3.8) is 0 Å². The van der Waals surface area contributed by atoms with Gasteiger partial charge in [0, 0.05) is 49.7 Å². The molecule has 7 nitrogen and oxygen atoms in total. The predicted molar refractivity (Wildman–Crippen MR) is 136 cm³/mol.